The Morgan fingerprint density at radius 3 is 2.50 bits per heavy atom. The van der Waals surface area contributed by atoms with E-state index in [4.69, 9.17) is 19.4 Å². The number of amides is 2. The second kappa shape index (κ2) is 13.1. The second-order valence-corrected chi connectivity index (χ2v) is 12.9. The van der Waals surface area contributed by atoms with Gasteiger partial charge in [0.1, 0.15) is 28.7 Å². The van der Waals surface area contributed by atoms with Gasteiger partial charge in [-0.15, -0.1) is 0 Å². The van der Waals surface area contributed by atoms with Crippen molar-refractivity contribution in [3.63, 3.8) is 0 Å². The summed E-state index contributed by atoms with van der Waals surface area (Å²) in [5.74, 6) is 1.87. The van der Waals surface area contributed by atoms with Crippen LogP contribution < -0.4 is 20.4 Å². The van der Waals surface area contributed by atoms with Crippen molar-refractivity contribution in [1.29, 1.82) is 0 Å². The van der Waals surface area contributed by atoms with E-state index in [9.17, 15) is 9.59 Å². The van der Waals surface area contributed by atoms with Crippen molar-refractivity contribution in [3.8, 4) is 0 Å². The molecular formula is C32H46N6O4. The van der Waals surface area contributed by atoms with E-state index in [1.807, 2.05) is 65.8 Å². The number of hydrogen-bond donors (Lipinski definition) is 2. The van der Waals surface area contributed by atoms with Gasteiger partial charge < -0.3 is 20.1 Å². The van der Waals surface area contributed by atoms with Crippen LogP contribution in [-0.4, -0.2) is 65.1 Å². The maximum atomic E-state index is 13.2. The zero-order valence-corrected chi connectivity index (χ0v) is 26.1. The molecule has 0 radical (unpaired) electrons. The predicted molar refractivity (Wildman–Crippen MR) is 166 cm³/mol. The quantitative estimate of drug-likeness (QED) is 0.375. The largest absolute Gasteiger partial charge is 0.443 e. The fourth-order valence-corrected chi connectivity index (χ4v) is 4.92. The number of nitrogens with zero attached hydrogens (tertiary/aromatic N) is 4. The van der Waals surface area contributed by atoms with Gasteiger partial charge in [-0.1, -0.05) is 24.3 Å². The average molecular weight is 579 g/mol. The SMILES string of the molecule is CC1C=CC(CCN(C(=O)OC(C)(C)C)c2cccc(NCCc3ccc4c(n3)N(C(=O)OC(C)(C)C)CCC4)n2)N1. The Hall–Kier alpha value is -3.66. The van der Waals surface area contributed by atoms with Gasteiger partial charge in [0.2, 0.25) is 0 Å². The number of aryl methyl sites for hydroxylation is 1. The first-order chi connectivity index (χ1) is 19.8. The molecule has 0 saturated heterocycles. The molecular weight excluding hydrogens is 532 g/mol. The number of anilines is 3. The number of hydrogen-bond acceptors (Lipinski definition) is 8. The topological polar surface area (TPSA) is 109 Å². The molecule has 2 atom stereocenters. The minimum atomic E-state index is -0.619. The number of ether oxygens (including phenoxy) is 2. The monoisotopic (exact) mass is 578 g/mol. The lowest BCUT2D eigenvalue weighted by atomic mass is 10.0. The van der Waals surface area contributed by atoms with Gasteiger partial charge in [0, 0.05) is 43.8 Å². The summed E-state index contributed by atoms with van der Waals surface area (Å²) in [4.78, 5) is 38.8. The van der Waals surface area contributed by atoms with Crippen molar-refractivity contribution in [2.45, 2.75) is 97.4 Å². The number of pyridine rings is 2. The lowest BCUT2D eigenvalue weighted by Gasteiger charge is -2.31. The van der Waals surface area contributed by atoms with Crippen molar-refractivity contribution in [1.82, 2.24) is 15.3 Å². The van der Waals surface area contributed by atoms with Crippen LogP contribution in [0.2, 0.25) is 0 Å². The Morgan fingerprint density at radius 1 is 1.05 bits per heavy atom. The third-order valence-corrected chi connectivity index (χ3v) is 6.80. The molecule has 2 aliphatic rings. The van der Waals surface area contributed by atoms with Crippen molar-refractivity contribution in [2.24, 2.45) is 0 Å². The van der Waals surface area contributed by atoms with Crippen LogP contribution in [-0.2, 0) is 22.3 Å². The molecule has 2 amide bonds. The third-order valence-electron chi connectivity index (χ3n) is 6.80. The summed E-state index contributed by atoms with van der Waals surface area (Å²) < 4.78 is 11.3. The maximum absolute atomic E-state index is 13.2. The van der Waals surface area contributed by atoms with Crippen LogP contribution in [0, 0.1) is 0 Å². The summed E-state index contributed by atoms with van der Waals surface area (Å²) in [6, 6.07) is 10.2. The van der Waals surface area contributed by atoms with Crippen LogP contribution in [0.4, 0.5) is 27.0 Å². The first kappa shape index (κ1) is 31.3. The highest BCUT2D eigenvalue weighted by Gasteiger charge is 2.29. The molecule has 42 heavy (non-hydrogen) atoms. The minimum Gasteiger partial charge on any atom is -0.443 e. The van der Waals surface area contributed by atoms with Crippen LogP contribution in [0.25, 0.3) is 0 Å². The van der Waals surface area contributed by atoms with Crippen LogP contribution in [0.3, 0.4) is 0 Å². The molecule has 10 nitrogen and oxygen atoms in total. The molecule has 0 bridgehead atoms. The van der Waals surface area contributed by atoms with Gasteiger partial charge in [-0.25, -0.2) is 19.6 Å². The Kier molecular flexibility index (Phi) is 9.76. The molecule has 2 N–H and O–H groups in total. The summed E-state index contributed by atoms with van der Waals surface area (Å²) in [7, 11) is 0. The highest BCUT2D eigenvalue weighted by molar-refractivity contribution is 5.88. The molecule has 0 spiro atoms. The standard InChI is InChI=1S/C32H46N6O4/c1-22-13-15-25(34-22)18-21-37(29(39)41-31(2,3)4)27-12-8-11-26(36-27)33-19-17-24-16-14-23-10-9-20-38(28(23)35-24)30(40)42-32(5,6)7/h8,11-16,22,25,34H,9-10,17-21H2,1-7H3,(H,33,36). The molecule has 228 valence electrons. The first-order valence-electron chi connectivity index (χ1n) is 14.9. The molecule has 0 aromatic carbocycles. The fraction of sp³-hybridized carbons (Fsp3) is 0.562. The average Bonchev–Trinajstić information content (AvgIpc) is 3.31. The normalized spacial score (nSPS) is 18.4. The summed E-state index contributed by atoms with van der Waals surface area (Å²) in [5.41, 5.74) is 0.735. The Balaban J connectivity index is 1.42. The van der Waals surface area contributed by atoms with Crippen molar-refractivity contribution in [2.75, 3.05) is 34.8 Å². The van der Waals surface area contributed by atoms with Gasteiger partial charge >= 0.3 is 12.2 Å². The van der Waals surface area contributed by atoms with E-state index >= 15 is 0 Å². The van der Waals surface area contributed by atoms with E-state index in [1.165, 1.54) is 0 Å². The number of nitrogens with one attached hydrogen (secondary N) is 2. The third kappa shape index (κ3) is 8.92. The minimum absolute atomic E-state index is 0.196. The summed E-state index contributed by atoms with van der Waals surface area (Å²) in [6.45, 7) is 14.9. The van der Waals surface area contributed by atoms with E-state index in [2.05, 4.69) is 35.8 Å². The zero-order chi connectivity index (χ0) is 30.5. The number of rotatable bonds is 8. The van der Waals surface area contributed by atoms with Gasteiger partial charge in [0.25, 0.3) is 0 Å². The lowest BCUT2D eigenvalue weighted by molar-refractivity contribution is 0.0566. The van der Waals surface area contributed by atoms with E-state index < -0.39 is 17.3 Å². The lowest BCUT2D eigenvalue weighted by Crippen LogP contribution is -2.40. The maximum Gasteiger partial charge on any atom is 0.416 e. The van der Waals surface area contributed by atoms with Gasteiger partial charge in [0.15, 0.2) is 0 Å². The van der Waals surface area contributed by atoms with Crippen molar-refractivity contribution in [3.05, 3.63) is 53.7 Å². The highest BCUT2D eigenvalue weighted by Crippen LogP contribution is 2.27. The van der Waals surface area contributed by atoms with Gasteiger partial charge in [-0.3, -0.25) is 9.80 Å². The highest BCUT2D eigenvalue weighted by atomic mass is 16.6. The molecule has 4 rings (SSSR count). The Morgan fingerprint density at radius 2 is 1.81 bits per heavy atom. The van der Waals surface area contributed by atoms with Crippen molar-refractivity contribution < 1.29 is 19.1 Å². The first-order valence-corrected chi connectivity index (χ1v) is 14.9. The predicted octanol–water partition coefficient (Wildman–Crippen LogP) is 5.87. The molecule has 2 aromatic heterocycles. The van der Waals surface area contributed by atoms with Crippen LogP contribution >= 0.6 is 0 Å². The second-order valence-electron chi connectivity index (χ2n) is 12.9. The van der Waals surface area contributed by atoms with E-state index in [0.29, 0.717) is 49.6 Å². The Bertz CT molecular complexity index is 1280. The number of carbonyl (C=O) groups is 2. The number of carbonyl (C=O) groups excluding carboxylic acids is 2. The van der Waals surface area contributed by atoms with Gasteiger partial charge in [-0.2, -0.15) is 0 Å². The molecule has 0 saturated carbocycles. The van der Waals surface area contributed by atoms with E-state index in [0.717, 1.165) is 30.5 Å². The molecule has 0 fully saturated rings. The molecule has 2 aliphatic heterocycles. The van der Waals surface area contributed by atoms with E-state index in [-0.39, 0.29) is 12.1 Å². The summed E-state index contributed by atoms with van der Waals surface area (Å²) in [6.07, 6.45) is 6.63. The van der Waals surface area contributed by atoms with E-state index in [1.54, 1.807) is 9.80 Å². The summed E-state index contributed by atoms with van der Waals surface area (Å²) in [5, 5.41) is 6.85. The van der Waals surface area contributed by atoms with Gasteiger partial charge in [0.05, 0.1) is 0 Å². The van der Waals surface area contributed by atoms with Crippen LogP contribution in [0.5, 0.6) is 0 Å². The zero-order valence-electron chi connectivity index (χ0n) is 26.1. The molecule has 4 heterocycles. The van der Waals surface area contributed by atoms with Crippen molar-refractivity contribution >= 4 is 29.6 Å². The van der Waals surface area contributed by atoms with Gasteiger partial charge in [-0.05, 0) is 91.5 Å². The van der Waals surface area contributed by atoms with Crippen LogP contribution in [0.15, 0.2) is 42.5 Å². The summed E-state index contributed by atoms with van der Waals surface area (Å²) >= 11 is 0. The fourth-order valence-electron chi connectivity index (χ4n) is 4.92. The molecule has 2 aromatic rings. The molecule has 2 unspecified atom stereocenters. The smallest absolute Gasteiger partial charge is 0.416 e. The number of fused-ring (bicyclic) bond motifs is 1. The molecule has 10 heteroatoms. The van der Waals surface area contributed by atoms with Crippen LogP contribution in [0.1, 0.15) is 72.6 Å². The number of aromatic nitrogens is 2. The Labute approximate surface area is 249 Å². The molecule has 0 aliphatic carbocycles.